The predicted molar refractivity (Wildman–Crippen MR) is 124 cm³/mol. The van der Waals surface area contributed by atoms with Gasteiger partial charge in [-0.3, -0.25) is 4.90 Å². The number of methoxy groups -OCH3 is 1. The number of carbonyl (C=O) groups is 1. The lowest BCUT2D eigenvalue weighted by molar-refractivity contribution is 0.0515. The van der Waals surface area contributed by atoms with Crippen LogP contribution in [0.1, 0.15) is 52.6 Å². The van der Waals surface area contributed by atoms with E-state index >= 15 is 0 Å². The molecule has 2 aromatic carbocycles. The van der Waals surface area contributed by atoms with Crippen molar-refractivity contribution in [1.29, 1.82) is 10.5 Å². The molecule has 0 saturated heterocycles. The van der Waals surface area contributed by atoms with Crippen LogP contribution in [0, 0.1) is 34.0 Å². The molecule has 6 heteroatoms. The van der Waals surface area contributed by atoms with Crippen molar-refractivity contribution in [3.05, 3.63) is 60.2 Å². The first-order chi connectivity index (χ1) is 15.1. The molecule has 0 fully saturated rings. The number of rotatable bonds is 7. The zero-order valence-electron chi connectivity index (χ0n) is 19.6. The average Bonchev–Trinajstić information content (AvgIpc) is 2.77. The van der Waals surface area contributed by atoms with Gasteiger partial charge in [0.15, 0.2) is 0 Å². The molecule has 0 spiro atoms. The Bertz CT molecular complexity index is 970. The first kappa shape index (κ1) is 24.8. The molecule has 2 aromatic rings. The van der Waals surface area contributed by atoms with Crippen LogP contribution in [0.4, 0.5) is 10.5 Å². The molecule has 0 aliphatic heterocycles. The van der Waals surface area contributed by atoms with Crippen molar-refractivity contribution in [3.8, 4) is 17.9 Å². The fourth-order valence-corrected chi connectivity index (χ4v) is 3.75. The highest BCUT2D eigenvalue weighted by Crippen LogP contribution is 2.48. The third-order valence-electron chi connectivity index (χ3n) is 5.62. The van der Waals surface area contributed by atoms with Crippen LogP contribution >= 0.6 is 0 Å². The standard InChI is InChI=1S/C26H31N3O3/c1-7-26(5,20(17-27)18-28)23(19-11-9-8-10-12-19)29(24(30)32-25(2,3)4)21-13-15-22(31-6)16-14-21/h8-16,20,23H,7H2,1-6H3/t23-,26-/m1/s1. The molecule has 32 heavy (non-hydrogen) atoms. The summed E-state index contributed by atoms with van der Waals surface area (Å²) in [7, 11) is 1.58. The summed E-state index contributed by atoms with van der Waals surface area (Å²) in [6, 6.07) is 20.2. The summed E-state index contributed by atoms with van der Waals surface area (Å²) in [4.78, 5) is 15.2. The van der Waals surface area contributed by atoms with Gasteiger partial charge in [0, 0.05) is 11.1 Å². The highest BCUT2D eigenvalue weighted by atomic mass is 16.6. The number of amides is 1. The number of nitriles is 2. The zero-order valence-corrected chi connectivity index (χ0v) is 19.6. The molecule has 0 heterocycles. The highest BCUT2D eigenvalue weighted by molar-refractivity contribution is 5.89. The van der Waals surface area contributed by atoms with Crippen LogP contribution in [-0.2, 0) is 4.74 Å². The van der Waals surface area contributed by atoms with Crippen molar-refractivity contribution in [2.24, 2.45) is 11.3 Å². The van der Waals surface area contributed by atoms with Gasteiger partial charge >= 0.3 is 6.09 Å². The quantitative estimate of drug-likeness (QED) is 0.514. The van der Waals surface area contributed by atoms with E-state index < -0.39 is 29.1 Å². The minimum atomic E-state index is -0.944. The van der Waals surface area contributed by atoms with Gasteiger partial charge in [0.25, 0.3) is 0 Å². The molecule has 0 radical (unpaired) electrons. The topological polar surface area (TPSA) is 86.4 Å². The van der Waals surface area contributed by atoms with E-state index in [4.69, 9.17) is 9.47 Å². The van der Waals surface area contributed by atoms with Crippen molar-refractivity contribution in [2.45, 2.75) is 52.7 Å². The van der Waals surface area contributed by atoms with Gasteiger partial charge < -0.3 is 9.47 Å². The molecular weight excluding hydrogens is 402 g/mol. The second-order valence-electron chi connectivity index (χ2n) is 8.91. The van der Waals surface area contributed by atoms with Gasteiger partial charge in [-0.1, -0.05) is 44.2 Å². The number of nitrogens with zero attached hydrogens (tertiary/aromatic N) is 3. The SMILES string of the molecule is CC[C@](C)(C(C#N)C#N)[C@@H](c1ccccc1)N(C(=O)OC(C)(C)C)c1ccc(OC)cc1. The maximum atomic E-state index is 13.6. The molecule has 0 unspecified atom stereocenters. The molecule has 0 aliphatic rings. The largest absolute Gasteiger partial charge is 0.497 e. The van der Waals surface area contributed by atoms with Gasteiger partial charge in [-0.2, -0.15) is 10.5 Å². The first-order valence-corrected chi connectivity index (χ1v) is 10.6. The normalized spacial score (nSPS) is 13.9. The van der Waals surface area contributed by atoms with E-state index in [1.807, 2.05) is 44.2 Å². The van der Waals surface area contributed by atoms with Crippen LogP contribution in [-0.4, -0.2) is 18.8 Å². The van der Waals surface area contributed by atoms with E-state index in [9.17, 15) is 15.3 Å². The van der Waals surface area contributed by atoms with Crippen molar-refractivity contribution in [2.75, 3.05) is 12.0 Å². The molecule has 2 rings (SSSR count). The van der Waals surface area contributed by atoms with Gasteiger partial charge in [-0.15, -0.1) is 0 Å². The van der Waals surface area contributed by atoms with Crippen LogP contribution in [0.15, 0.2) is 54.6 Å². The van der Waals surface area contributed by atoms with Gasteiger partial charge in [0.2, 0.25) is 0 Å². The monoisotopic (exact) mass is 433 g/mol. The number of hydrogen-bond acceptors (Lipinski definition) is 5. The Morgan fingerprint density at radius 3 is 2.00 bits per heavy atom. The molecule has 0 bridgehead atoms. The molecule has 168 valence electrons. The molecule has 0 aliphatic carbocycles. The summed E-state index contributed by atoms with van der Waals surface area (Å²) >= 11 is 0. The molecule has 1 amide bonds. The number of benzene rings is 2. The second kappa shape index (κ2) is 10.2. The third kappa shape index (κ3) is 5.39. The molecular formula is C26H31N3O3. The van der Waals surface area contributed by atoms with Crippen LogP contribution in [0.2, 0.25) is 0 Å². The van der Waals surface area contributed by atoms with Crippen molar-refractivity contribution >= 4 is 11.8 Å². The maximum absolute atomic E-state index is 13.6. The van der Waals surface area contributed by atoms with Crippen LogP contribution in [0.3, 0.4) is 0 Å². The lowest BCUT2D eigenvalue weighted by Crippen LogP contribution is -2.48. The Morgan fingerprint density at radius 2 is 1.56 bits per heavy atom. The van der Waals surface area contributed by atoms with Crippen molar-refractivity contribution < 1.29 is 14.3 Å². The Labute approximate surface area is 191 Å². The maximum Gasteiger partial charge on any atom is 0.415 e. The van der Waals surface area contributed by atoms with E-state index in [1.165, 1.54) is 0 Å². The van der Waals surface area contributed by atoms with Crippen LogP contribution in [0.25, 0.3) is 0 Å². The summed E-state index contributed by atoms with van der Waals surface area (Å²) in [5.74, 6) is -0.291. The highest BCUT2D eigenvalue weighted by Gasteiger charge is 2.47. The van der Waals surface area contributed by atoms with Crippen LogP contribution in [0.5, 0.6) is 5.75 Å². The van der Waals surface area contributed by atoms with E-state index in [2.05, 4.69) is 12.1 Å². The minimum absolute atomic E-state index is 0.494. The summed E-state index contributed by atoms with van der Waals surface area (Å²) in [5, 5.41) is 19.6. The van der Waals surface area contributed by atoms with Gasteiger partial charge in [-0.05, 0) is 57.0 Å². The zero-order chi connectivity index (χ0) is 23.9. The van der Waals surface area contributed by atoms with E-state index in [0.717, 1.165) is 5.56 Å². The summed E-state index contributed by atoms with van der Waals surface area (Å²) in [5.41, 5.74) is -0.200. The van der Waals surface area contributed by atoms with Crippen molar-refractivity contribution in [3.63, 3.8) is 0 Å². The van der Waals surface area contributed by atoms with Crippen LogP contribution < -0.4 is 9.64 Å². The number of carbonyl (C=O) groups excluding carboxylic acids is 1. The van der Waals surface area contributed by atoms with E-state index in [-0.39, 0.29) is 0 Å². The Hall–Kier alpha value is -3.51. The van der Waals surface area contributed by atoms with Gasteiger partial charge in [0.05, 0.1) is 25.3 Å². The number of hydrogen-bond donors (Lipinski definition) is 0. The smallest absolute Gasteiger partial charge is 0.415 e. The fourth-order valence-electron chi connectivity index (χ4n) is 3.75. The first-order valence-electron chi connectivity index (χ1n) is 10.6. The third-order valence-corrected chi connectivity index (χ3v) is 5.62. The molecule has 2 atom stereocenters. The fraction of sp³-hybridized carbons (Fsp3) is 0.423. The van der Waals surface area contributed by atoms with Gasteiger partial charge in [0.1, 0.15) is 17.3 Å². The summed E-state index contributed by atoms with van der Waals surface area (Å²) in [6.07, 6.45) is -0.0563. The van der Waals surface area contributed by atoms with E-state index in [1.54, 1.807) is 57.0 Å². The summed E-state index contributed by atoms with van der Waals surface area (Å²) in [6.45, 7) is 9.23. The lowest BCUT2D eigenvalue weighted by atomic mass is 9.67. The molecule has 0 saturated carbocycles. The molecule has 0 N–H and O–H groups in total. The molecule has 6 nitrogen and oxygen atoms in total. The molecule has 0 aromatic heterocycles. The Kier molecular flexibility index (Phi) is 7.89. The predicted octanol–water partition coefficient (Wildman–Crippen LogP) is 6.26. The second-order valence-corrected chi connectivity index (χ2v) is 8.91. The average molecular weight is 434 g/mol. The Morgan fingerprint density at radius 1 is 1.00 bits per heavy atom. The lowest BCUT2D eigenvalue weighted by Gasteiger charge is -2.44. The minimum Gasteiger partial charge on any atom is -0.497 e. The Balaban J connectivity index is 2.80. The number of ether oxygens (including phenoxy) is 2. The van der Waals surface area contributed by atoms with E-state index in [0.29, 0.717) is 17.9 Å². The summed E-state index contributed by atoms with van der Waals surface area (Å²) < 4.78 is 11.1. The number of anilines is 1. The van der Waals surface area contributed by atoms with Crippen molar-refractivity contribution in [1.82, 2.24) is 0 Å². The van der Waals surface area contributed by atoms with Gasteiger partial charge in [-0.25, -0.2) is 4.79 Å².